The maximum atomic E-state index is 14.8. The van der Waals surface area contributed by atoms with E-state index in [9.17, 15) is 13.4 Å². The van der Waals surface area contributed by atoms with Crippen molar-refractivity contribution in [3.63, 3.8) is 0 Å². The summed E-state index contributed by atoms with van der Waals surface area (Å²) in [7, 11) is 3.92. The van der Waals surface area contributed by atoms with Crippen LogP contribution in [0.1, 0.15) is 29.6 Å². The molecule has 1 amide bonds. The van der Waals surface area contributed by atoms with Crippen molar-refractivity contribution < 1.29 is 18.1 Å². The van der Waals surface area contributed by atoms with Gasteiger partial charge in [0.05, 0.1) is 35.5 Å². The molecular formula is C22H31ClFN7O3S. The molecule has 3 rings (SSSR count). The minimum atomic E-state index is -1.10. The van der Waals surface area contributed by atoms with Crippen molar-refractivity contribution in [1.82, 2.24) is 24.9 Å². The van der Waals surface area contributed by atoms with E-state index in [1.165, 1.54) is 19.4 Å². The molecule has 4 N–H and O–H groups in total. The first kappa shape index (κ1) is 27.1. The predicted octanol–water partition coefficient (Wildman–Crippen LogP) is 2.53. The SMILES string of the molecule is CNCCNC(=O)c1cc(OC)c(Nc2ncc(Cl)c(N[C@@H]3CCC[C@H]3N(C)S(C)=O)n2)cc1F. The Morgan fingerprint density at radius 1 is 1.34 bits per heavy atom. The van der Waals surface area contributed by atoms with E-state index in [-0.39, 0.29) is 35.0 Å². The molecule has 1 aromatic carbocycles. The highest BCUT2D eigenvalue weighted by atomic mass is 35.5. The summed E-state index contributed by atoms with van der Waals surface area (Å²) in [6, 6.07) is 2.57. The Hall–Kier alpha value is -2.54. The number of methoxy groups -OCH3 is 1. The number of amides is 1. The normalized spacial score (nSPS) is 18.4. The van der Waals surface area contributed by atoms with Crippen molar-refractivity contribution in [2.75, 3.05) is 51.2 Å². The number of hydrogen-bond donors (Lipinski definition) is 4. The lowest BCUT2D eigenvalue weighted by Crippen LogP contribution is -2.42. The summed E-state index contributed by atoms with van der Waals surface area (Å²) >= 11 is 6.34. The summed E-state index contributed by atoms with van der Waals surface area (Å²) in [6.07, 6.45) is 5.87. The van der Waals surface area contributed by atoms with E-state index in [0.29, 0.717) is 23.9 Å². The van der Waals surface area contributed by atoms with Gasteiger partial charge in [0.15, 0.2) is 5.82 Å². The Bertz CT molecular complexity index is 1080. The van der Waals surface area contributed by atoms with Crippen LogP contribution in [-0.4, -0.2) is 77.0 Å². The predicted molar refractivity (Wildman–Crippen MR) is 136 cm³/mol. The van der Waals surface area contributed by atoms with Crippen LogP contribution in [0.4, 0.5) is 21.8 Å². The molecule has 2 aromatic rings. The second kappa shape index (κ2) is 12.4. The molecule has 0 aliphatic heterocycles. The highest BCUT2D eigenvalue weighted by Crippen LogP contribution is 2.32. The fourth-order valence-corrected chi connectivity index (χ4v) is 4.73. The van der Waals surface area contributed by atoms with Crippen molar-refractivity contribution in [2.45, 2.75) is 31.3 Å². The molecule has 1 aliphatic rings. The van der Waals surface area contributed by atoms with Gasteiger partial charge in [0.2, 0.25) is 5.95 Å². The second-order valence-electron chi connectivity index (χ2n) is 8.13. The molecule has 35 heavy (non-hydrogen) atoms. The number of ether oxygens (including phenoxy) is 1. The van der Waals surface area contributed by atoms with E-state index in [1.54, 1.807) is 13.3 Å². The number of benzene rings is 1. The fourth-order valence-electron chi connectivity index (χ4n) is 3.95. The number of carbonyl (C=O) groups is 1. The summed E-state index contributed by atoms with van der Waals surface area (Å²) in [5.74, 6) is -0.423. The molecule has 0 spiro atoms. The zero-order chi connectivity index (χ0) is 25.5. The molecule has 13 heteroatoms. The first-order valence-corrected chi connectivity index (χ1v) is 13.1. The largest absolute Gasteiger partial charge is 0.495 e. The highest BCUT2D eigenvalue weighted by Gasteiger charge is 2.32. The first-order chi connectivity index (χ1) is 16.7. The lowest BCUT2D eigenvalue weighted by Gasteiger charge is -2.28. The lowest BCUT2D eigenvalue weighted by molar-refractivity contribution is 0.0949. The van der Waals surface area contributed by atoms with Gasteiger partial charge in [0.25, 0.3) is 5.91 Å². The average Bonchev–Trinajstić information content (AvgIpc) is 3.28. The maximum absolute atomic E-state index is 14.8. The molecule has 1 heterocycles. The second-order valence-corrected chi connectivity index (χ2v) is 9.96. The van der Waals surface area contributed by atoms with Gasteiger partial charge in [-0.3, -0.25) is 4.79 Å². The molecule has 0 bridgehead atoms. The van der Waals surface area contributed by atoms with E-state index in [2.05, 4.69) is 31.2 Å². The van der Waals surface area contributed by atoms with Crippen LogP contribution in [-0.2, 0) is 11.0 Å². The van der Waals surface area contributed by atoms with Crippen molar-refractivity contribution >= 4 is 45.9 Å². The van der Waals surface area contributed by atoms with Gasteiger partial charge in [0.1, 0.15) is 16.6 Å². The number of likely N-dealkylation sites (N-methyl/N-ethyl adjacent to an activating group) is 2. The van der Waals surface area contributed by atoms with Crippen LogP contribution in [0, 0.1) is 5.82 Å². The fraction of sp³-hybridized carbons (Fsp3) is 0.500. The van der Waals surface area contributed by atoms with Gasteiger partial charge in [-0.15, -0.1) is 0 Å². The Kier molecular flexibility index (Phi) is 9.61. The van der Waals surface area contributed by atoms with E-state index in [4.69, 9.17) is 16.3 Å². The number of nitrogens with zero attached hydrogens (tertiary/aromatic N) is 3. The standard InChI is InChI=1S/C22H31ClFN7O3S/c1-25-8-9-26-21(32)13-10-19(34-3)17(11-15(13)24)29-22-27-12-14(23)20(30-22)28-16-6-5-7-18(16)31(2)35(4)33/h10-12,16,18,25H,5-9H2,1-4H3,(H,26,32)(H2,27,28,29,30)/t16-,18-,35?/m1/s1. The molecule has 0 radical (unpaired) electrons. The maximum Gasteiger partial charge on any atom is 0.254 e. The Balaban J connectivity index is 1.79. The highest BCUT2D eigenvalue weighted by molar-refractivity contribution is 7.81. The Morgan fingerprint density at radius 3 is 2.80 bits per heavy atom. The number of aromatic nitrogens is 2. The third kappa shape index (κ3) is 6.78. The minimum absolute atomic E-state index is 0.0110. The monoisotopic (exact) mass is 527 g/mol. The van der Waals surface area contributed by atoms with Crippen LogP contribution >= 0.6 is 11.6 Å². The number of hydrogen-bond acceptors (Lipinski definition) is 8. The van der Waals surface area contributed by atoms with Gasteiger partial charge < -0.3 is 26.0 Å². The van der Waals surface area contributed by atoms with E-state index in [0.717, 1.165) is 25.3 Å². The number of rotatable bonds is 11. The summed E-state index contributed by atoms with van der Waals surface area (Å²) in [6.45, 7) is 0.917. The Labute approximate surface area is 212 Å². The topological polar surface area (TPSA) is 121 Å². The molecule has 10 nitrogen and oxygen atoms in total. The van der Waals surface area contributed by atoms with E-state index >= 15 is 0 Å². The first-order valence-electron chi connectivity index (χ1n) is 11.2. The average molecular weight is 528 g/mol. The van der Waals surface area contributed by atoms with Crippen molar-refractivity contribution in [3.8, 4) is 5.75 Å². The van der Waals surface area contributed by atoms with Gasteiger partial charge in [-0.2, -0.15) is 4.98 Å². The van der Waals surface area contributed by atoms with Gasteiger partial charge in [-0.1, -0.05) is 11.6 Å². The van der Waals surface area contributed by atoms with Gasteiger partial charge in [-0.25, -0.2) is 17.9 Å². The smallest absolute Gasteiger partial charge is 0.254 e. The molecule has 1 fully saturated rings. The van der Waals surface area contributed by atoms with Gasteiger partial charge in [0, 0.05) is 44.5 Å². The molecule has 3 atom stereocenters. The molecule has 1 aliphatic carbocycles. The van der Waals surface area contributed by atoms with Gasteiger partial charge in [-0.05, 0) is 32.4 Å². The van der Waals surface area contributed by atoms with E-state index < -0.39 is 22.7 Å². The van der Waals surface area contributed by atoms with Crippen LogP contribution in [0.25, 0.3) is 0 Å². The summed E-state index contributed by atoms with van der Waals surface area (Å²) in [4.78, 5) is 21.0. The van der Waals surface area contributed by atoms with Crippen molar-refractivity contribution in [3.05, 3.63) is 34.7 Å². The molecule has 0 saturated heterocycles. The molecule has 1 saturated carbocycles. The number of anilines is 3. The van der Waals surface area contributed by atoms with Crippen LogP contribution in [0.2, 0.25) is 5.02 Å². The van der Waals surface area contributed by atoms with Crippen molar-refractivity contribution in [1.29, 1.82) is 0 Å². The van der Waals surface area contributed by atoms with Crippen LogP contribution in [0.3, 0.4) is 0 Å². The molecule has 192 valence electrons. The number of nitrogens with one attached hydrogen (secondary N) is 4. The lowest BCUT2D eigenvalue weighted by atomic mass is 10.1. The summed E-state index contributed by atoms with van der Waals surface area (Å²) in [5, 5.41) is 12.2. The zero-order valence-electron chi connectivity index (χ0n) is 20.2. The quantitative estimate of drug-likeness (QED) is 0.329. The van der Waals surface area contributed by atoms with Crippen LogP contribution < -0.4 is 26.0 Å². The third-order valence-corrected chi connectivity index (χ3v) is 7.22. The summed E-state index contributed by atoms with van der Waals surface area (Å²) < 4.78 is 33.9. The van der Waals surface area contributed by atoms with Gasteiger partial charge >= 0.3 is 0 Å². The molecule has 1 unspecified atom stereocenters. The van der Waals surface area contributed by atoms with Crippen LogP contribution in [0.15, 0.2) is 18.3 Å². The van der Waals surface area contributed by atoms with E-state index in [1.807, 2.05) is 11.4 Å². The molecule has 1 aromatic heterocycles. The molecular weight excluding hydrogens is 497 g/mol. The zero-order valence-corrected chi connectivity index (χ0v) is 21.7. The number of carbonyl (C=O) groups excluding carboxylic acids is 1. The Morgan fingerprint density at radius 2 is 2.11 bits per heavy atom. The summed E-state index contributed by atoms with van der Waals surface area (Å²) in [5.41, 5.74) is 0.123. The number of halogens is 2. The van der Waals surface area contributed by atoms with Crippen LogP contribution in [0.5, 0.6) is 5.75 Å². The third-order valence-electron chi connectivity index (χ3n) is 5.86. The minimum Gasteiger partial charge on any atom is -0.495 e. The van der Waals surface area contributed by atoms with Crippen molar-refractivity contribution in [2.24, 2.45) is 0 Å².